The van der Waals surface area contributed by atoms with Crippen molar-refractivity contribution in [1.82, 2.24) is 0 Å². The van der Waals surface area contributed by atoms with Crippen molar-refractivity contribution in [3.8, 4) is 0 Å². The summed E-state index contributed by atoms with van der Waals surface area (Å²) in [5.41, 5.74) is 8.28. The van der Waals surface area contributed by atoms with Crippen LogP contribution < -0.4 is 24.8 Å². The number of rotatable bonds is 3. The molecule has 2 heterocycles. The molecule has 2 unspecified atom stereocenters. The Morgan fingerprint density at radius 1 is 0.657 bits per heavy atom. The molecule has 0 N–H and O–H groups in total. The summed E-state index contributed by atoms with van der Waals surface area (Å²) in [6.07, 6.45) is 4.99. The van der Waals surface area contributed by atoms with Gasteiger partial charge in [0, 0.05) is 0 Å². The van der Waals surface area contributed by atoms with Gasteiger partial charge in [-0.15, -0.1) is 0 Å². The van der Waals surface area contributed by atoms with E-state index < -0.39 is 23.2 Å². The Balaban J connectivity index is 0.00000127. The maximum absolute atomic E-state index is 6.79. The van der Waals surface area contributed by atoms with Crippen LogP contribution in [0.3, 0.4) is 0 Å². The second-order valence-electron chi connectivity index (χ2n) is 8.77. The van der Waals surface area contributed by atoms with E-state index in [0.717, 1.165) is 5.02 Å². The van der Waals surface area contributed by atoms with Gasteiger partial charge in [-0.25, -0.2) is 0 Å². The first-order chi connectivity index (χ1) is 16.3. The first kappa shape index (κ1) is 25.1. The molecular weight excluding hydrogens is 590 g/mol. The normalized spacial score (nSPS) is 18.1. The van der Waals surface area contributed by atoms with E-state index in [4.69, 9.17) is 11.6 Å². The van der Waals surface area contributed by atoms with E-state index in [-0.39, 0.29) is 30.7 Å². The van der Waals surface area contributed by atoms with Crippen LogP contribution in [-0.2, 0) is 23.2 Å². The second-order valence-corrected chi connectivity index (χ2v) is 13.7. The molecule has 35 heavy (non-hydrogen) atoms. The third-order valence-corrected chi connectivity index (χ3v) is 11.8. The van der Waals surface area contributed by atoms with Gasteiger partial charge in [0.15, 0.2) is 0 Å². The van der Waals surface area contributed by atoms with Crippen LogP contribution in [0.25, 0.3) is 12.2 Å². The predicted molar refractivity (Wildman–Crippen MR) is 135 cm³/mol. The smallest absolute Gasteiger partial charge is 1.00 e. The van der Waals surface area contributed by atoms with Gasteiger partial charge in [-0.3, -0.25) is 0 Å². The Hall–Kier alpha value is -1.54. The number of fused-ring (bicyclic) bond motifs is 3. The van der Waals surface area contributed by atoms with Crippen LogP contribution in [-0.4, -0.2) is 0 Å². The molecule has 0 fully saturated rings. The molecule has 2 aliphatic carbocycles. The zero-order valence-electron chi connectivity index (χ0n) is 18.5. The van der Waals surface area contributed by atoms with Gasteiger partial charge in [-0.1, -0.05) is 0 Å². The fourth-order valence-electron chi connectivity index (χ4n) is 5.44. The quantitative estimate of drug-likeness (QED) is 0.345. The van der Waals surface area contributed by atoms with Gasteiger partial charge in [-0.05, 0) is 0 Å². The molecule has 0 saturated carbocycles. The first-order valence-corrected chi connectivity index (χ1v) is 14.9. The fourth-order valence-corrected chi connectivity index (χ4v) is 10.9. The van der Waals surface area contributed by atoms with Gasteiger partial charge in [0.1, 0.15) is 0 Å². The number of halogens is 3. The standard InChI is InChI=1S/C15H10Cl.C15H9S.2ClH.Zr/c16-14-8-4-7-12-9-10-13(15(12)14)11-5-2-1-3-6-11;1-2-13-12-8-9-14(13)15(3-1)16-11-6-4-10(12)5-7-11;;;/h1-9,13H;1-7,9,12H;2*1H;/q;;;;+2/p-2. The van der Waals surface area contributed by atoms with E-state index in [1.54, 1.807) is 6.56 Å². The van der Waals surface area contributed by atoms with Crippen LogP contribution in [0, 0.1) is 0 Å². The van der Waals surface area contributed by atoms with Crippen molar-refractivity contribution in [2.24, 2.45) is 0 Å². The van der Waals surface area contributed by atoms with Crippen LogP contribution in [0.5, 0.6) is 0 Å². The summed E-state index contributed by atoms with van der Waals surface area (Å²) in [6, 6.07) is 33.4. The molecule has 0 aromatic heterocycles. The van der Waals surface area contributed by atoms with Gasteiger partial charge in [-0.2, -0.15) is 0 Å². The molecule has 0 saturated heterocycles. The molecule has 4 aliphatic rings. The van der Waals surface area contributed by atoms with E-state index in [1.807, 2.05) is 17.8 Å². The largest absolute Gasteiger partial charge is 1.00 e. The summed E-state index contributed by atoms with van der Waals surface area (Å²) in [7, 11) is 0. The van der Waals surface area contributed by atoms with E-state index in [0.29, 0.717) is 5.92 Å². The topological polar surface area (TPSA) is 0 Å². The average Bonchev–Trinajstić information content (AvgIpc) is 3.40. The van der Waals surface area contributed by atoms with Crippen LogP contribution >= 0.6 is 23.4 Å². The molecule has 6 bridgehead atoms. The summed E-state index contributed by atoms with van der Waals surface area (Å²) in [4.78, 5) is 2.70. The zero-order valence-corrected chi connectivity index (χ0v) is 24.1. The van der Waals surface area contributed by atoms with Gasteiger partial charge >= 0.3 is 216 Å². The third-order valence-electron chi connectivity index (χ3n) is 6.88. The van der Waals surface area contributed by atoms with E-state index in [9.17, 15) is 0 Å². The monoisotopic (exact) mass is 606 g/mol. The van der Waals surface area contributed by atoms with Crippen molar-refractivity contribution < 1.29 is 48.0 Å². The Bertz CT molecular complexity index is 1480. The van der Waals surface area contributed by atoms with Crippen molar-refractivity contribution >= 4 is 35.5 Å². The molecule has 2 atom stereocenters. The maximum atomic E-state index is 6.79. The van der Waals surface area contributed by atoms with Crippen molar-refractivity contribution in [2.75, 3.05) is 0 Å². The number of hydrogen-bond acceptors (Lipinski definition) is 1. The van der Waals surface area contributed by atoms with E-state index in [2.05, 4.69) is 97.1 Å². The Kier molecular flexibility index (Phi) is 7.24. The summed E-state index contributed by atoms with van der Waals surface area (Å²) < 4.78 is 3.24. The average molecular weight is 609 g/mol. The summed E-state index contributed by atoms with van der Waals surface area (Å²) in [6.45, 7) is 0. The minimum Gasteiger partial charge on any atom is -1.00 e. The van der Waals surface area contributed by atoms with Crippen LogP contribution in [0.1, 0.15) is 45.2 Å². The van der Waals surface area contributed by atoms with Crippen LogP contribution in [0.15, 0.2) is 107 Å². The maximum Gasteiger partial charge on any atom is -1.00 e. The minimum absolute atomic E-state index is 0. The van der Waals surface area contributed by atoms with E-state index in [1.165, 1.54) is 43.2 Å². The number of allylic oxidation sites excluding steroid dienone is 2. The Morgan fingerprint density at radius 3 is 2.17 bits per heavy atom. The minimum atomic E-state index is -1.07. The van der Waals surface area contributed by atoms with Crippen LogP contribution in [0.2, 0.25) is 5.02 Å². The Labute approximate surface area is 239 Å². The molecule has 2 aliphatic heterocycles. The predicted octanol–water partition coefficient (Wildman–Crippen LogP) is 2.57. The summed E-state index contributed by atoms with van der Waals surface area (Å²) in [5.74, 6) is 0.659. The zero-order chi connectivity index (χ0) is 21.9. The van der Waals surface area contributed by atoms with Crippen molar-refractivity contribution in [1.29, 1.82) is 0 Å². The number of hydrogen-bond donors (Lipinski definition) is 0. The molecule has 4 aromatic carbocycles. The molecule has 0 radical (unpaired) electrons. The molecular formula is C30H19Cl3SZr. The van der Waals surface area contributed by atoms with Gasteiger partial charge in [0.2, 0.25) is 0 Å². The molecule has 0 nitrogen and oxygen atoms in total. The van der Waals surface area contributed by atoms with Crippen molar-refractivity contribution in [2.45, 2.75) is 21.6 Å². The first-order valence-electron chi connectivity index (χ1n) is 11.2. The van der Waals surface area contributed by atoms with Gasteiger partial charge in [0.05, 0.1) is 0 Å². The molecule has 170 valence electrons. The van der Waals surface area contributed by atoms with Crippen molar-refractivity contribution in [3.05, 3.63) is 136 Å². The summed E-state index contributed by atoms with van der Waals surface area (Å²) >= 11 is 7.61. The molecule has 0 amide bonds. The Morgan fingerprint density at radius 2 is 1.37 bits per heavy atom. The fraction of sp³-hybridized carbons (Fsp3) is 0.0667. The molecule has 4 aromatic rings. The molecule has 0 spiro atoms. The SMILES string of the molecule is Clc1cccc2c1C(c1ccccc1)[C]([Zr+2][C]1=Cc3c4cccc3C1c1ccc(cc1)S4)=C2.[Cl-].[Cl-]. The second kappa shape index (κ2) is 10.1. The third kappa shape index (κ3) is 4.22. The molecule has 8 rings (SSSR count). The molecule has 5 heteroatoms. The van der Waals surface area contributed by atoms with Gasteiger partial charge < -0.3 is 24.8 Å². The number of benzene rings is 4. The summed E-state index contributed by atoms with van der Waals surface area (Å²) in [5, 5.41) is 0.885. The van der Waals surface area contributed by atoms with Gasteiger partial charge in [0.25, 0.3) is 0 Å². The van der Waals surface area contributed by atoms with Crippen molar-refractivity contribution in [3.63, 3.8) is 0 Å². The van der Waals surface area contributed by atoms with E-state index >= 15 is 0 Å². The van der Waals surface area contributed by atoms with Crippen LogP contribution in [0.4, 0.5) is 0 Å².